The van der Waals surface area contributed by atoms with Crippen LogP contribution in [0.2, 0.25) is 0 Å². The van der Waals surface area contributed by atoms with Gasteiger partial charge in [-0.15, -0.1) is 0 Å². The summed E-state index contributed by atoms with van der Waals surface area (Å²) in [5.74, 6) is -0.431. The highest BCUT2D eigenvalue weighted by Gasteiger charge is 2.48. The minimum absolute atomic E-state index is 0.178. The Morgan fingerprint density at radius 1 is 1.29 bits per heavy atom. The number of anilines is 1. The van der Waals surface area contributed by atoms with Crippen LogP contribution in [-0.2, 0) is 16.0 Å². The van der Waals surface area contributed by atoms with E-state index >= 15 is 0 Å². The molecule has 3 rings (SSSR count). The fourth-order valence-corrected chi connectivity index (χ4v) is 2.57. The molecule has 2 atom stereocenters. The first kappa shape index (κ1) is 16.2. The standard InChI is InChI=1S/C17H18FN3O3/c1-10-8-15(21-24-10)20-17(23)13-9-12(13)16(22)19-7-6-11-4-2-3-5-14(11)18/h2-5,8,12-13H,6-7,9H2,1H3,(H,19,22)(H,20,21,23). The number of nitrogens with zero attached hydrogens (tertiary/aromatic N) is 1. The second kappa shape index (κ2) is 6.82. The van der Waals surface area contributed by atoms with Gasteiger partial charge in [0.25, 0.3) is 0 Å². The number of benzene rings is 1. The maximum absolute atomic E-state index is 13.5. The van der Waals surface area contributed by atoms with Gasteiger partial charge in [-0.25, -0.2) is 4.39 Å². The number of carbonyl (C=O) groups is 2. The number of amides is 2. The lowest BCUT2D eigenvalue weighted by Crippen LogP contribution is -2.29. The predicted molar refractivity (Wildman–Crippen MR) is 84.6 cm³/mol. The number of halogens is 1. The van der Waals surface area contributed by atoms with Crippen LogP contribution in [-0.4, -0.2) is 23.5 Å². The van der Waals surface area contributed by atoms with Crippen LogP contribution in [0.25, 0.3) is 0 Å². The number of rotatable bonds is 6. The Kier molecular flexibility index (Phi) is 4.59. The Morgan fingerprint density at radius 2 is 2.04 bits per heavy atom. The summed E-state index contributed by atoms with van der Waals surface area (Å²) >= 11 is 0. The zero-order valence-electron chi connectivity index (χ0n) is 13.2. The van der Waals surface area contributed by atoms with Crippen LogP contribution in [0.1, 0.15) is 17.7 Å². The zero-order valence-corrected chi connectivity index (χ0v) is 13.2. The van der Waals surface area contributed by atoms with Gasteiger partial charge in [-0.3, -0.25) is 9.59 Å². The molecular weight excluding hydrogens is 313 g/mol. The van der Waals surface area contributed by atoms with E-state index in [9.17, 15) is 14.0 Å². The highest BCUT2D eigenvalue weighted by Crippen LogP contribution is 2.39. The molecule has 1 fully saturated rings. The van der Waals surface area contributed by atoms with E-state index in [1.165, 1.54) is 6.07 Å². The van der Waals surface area contributed by atoms with Crippen molar-refractivity contribution >= 4 is 17.6 Å². The molecule has 126 valence electrons. The first-order valence-corrected chi connectivity index (χ1v) is 7.80. The summed E-state index contributed by atoms with van der Waals surface area (Å²) in [6.45, 7) is 2.07. The summed E-state index contributed by atoms with van der Waals surface area (Å²) in [5.41, 5.74) is 0.560. The third kappa shape index (κ3) is 3.79. The van der Waals surface area contributed by atoms with Crippen LogP contribution in [0.5, 0.6) is 0 Å². The highest BCUT2D eigenvalue weighted by molar-refractivity contribution is 5.99. The van der Waals surface area contributed by atoms with E-state index in [1.807, 2.05) is 0 Å². The smallest absolute Gasteiger partial charge is 0.229 e. The number of hydrogen-bond donors (Lipinski definition) is 2. The largest absolute Gasteiger partial charge is 0.360 e. The Morgan fingerprint density at radius 3 is 2.75 bits per heavy atom. The van der Waals surface area contributed by atoms with Crippen molar-refractivity contribution in [1.29, 1.82) is 0 Å². The summed E-state index contributed by atoms with van der Waals surface area (Å²) < 4.78 is 18.4. The van der Waals surface area contributed by atoms with Crippen molar-refractivity contribution in [2.24, 2.45) is 11.8 Å². The van der Waals surface area contributed by atoms with E-state index in [0.29, 0.717) is 36.5 Å². The average molecular weight is 331 g/mol. The first-order chi connectivity index (χ1) is 11.5. The molecule has 1 heterocycles. The maximum Gasteiger partial charge on any atom is 0.229 e. The van der Waals surface area contributed by atoms with Crippen LogP contribution in [0.15, 0.2) is 34.9 Å². The first-order valence-electron chi connectivity index (χ1n) is 7.80. The molecule has 2 unspecified atom stereocenters. The van der Waals surface area contributed by atoms with E-state index in [2.05, 4.69) is 15.8 Å². The van der Waals surface area contributed by atoms with Gasteiger partial charge in [0.2, 0.25) is 11.8 Å². The van der Waals surface area contributed by atoms with E-state index in [4.69, 9.17) is 4.52 Å². The summed E-state index contributed by atoms with van der Waals surface area (Å²) in [4.78, 5) is 24.0. The lowest BCUT2D eigenvalue weighted by atomic mass is 10.1. The van der Waals surface area contributed by atoms with Gasteiger partial charge in [0.1, 0.15) is 11.6 Å². The van der Waals surface area contributed by atoms with Gasteiger partial charge >= 0.3 is 0 Å². The summed E-state index contributed by atoms with van der Waals surface area (Å²) in [6, 6.07) is 8.08. The third-order valence-corrected chi connectivity index (χ3v) is 3.99. The number of aryl methyl sites for hydroxylation is 1. The molecule has 24 heavy (non-hydrogen) atoms. The molecule has 0 aliphatic heterocycles. The predicted octanol–water partition coefficient (Wildman–Crippen LogP) is 2.06. The maximum atomic E-state index is 13.5. The van der Waals surface area contributed by atoms with Crippen molar-refractivity contribution in [3.8, 4) is 0 Å². The van der Waals surface area contributed by atoms with Crippen molar-refractivity contribution in [1.82, 2.24) is 10.5 Å². The second-order valence-corrected chi connectivity index (χ2v) is 5.89. The van der Waals surface area contributed by atoms with Gasteiger partial charge in [0, 0.05) is 12.6 Å². The van der Waals surface area contributed by atoms with Gasteiger partial charge in [-0.05, 0) is 31.4 Å². The van der Waals surface area contributed by atoms with Gasteiger partial charge in [-0.2, -0.15) is 0 Å². The zero-order chi connectivity index (χ0) is 17.1. The monoisotopic (exact) mass is 331 g/mol. The average Bonchev–Trinajstić information content (AvgIpc) is 3.26. The summed E-state index contributed by atoms with van der Waals surface area (Å²) in [7, 11) is 0. The number of hydrogen-bond acceptors (Lipinski definition) is 4. The molecule has 2 amide bonds. The quantitative estimate of drug-likeness (QED) is 0.848. The molecule has 1 aromatic heterocycles. The fraction of sp³-hybridized carbons (Fsp3) is 0.353. The van der Waals surface area contributed by atoms with Gasteiger partial charge < -0.3 is 15.2 Å². The van der Waals surface area contributed by atoms with Gasteiger partial charge in [-0.1, -0.05) is 23.4 Å². The number of nitrogens with one attached hydrogen (secondary N) is 2. The van der Waals surface area contributed by atoms with Crippen molar-refractivity contribution in [2.45, 2.75) is 19.8 Å². The van der Waals surface area contributed by atoms with Gasteiger partial charge in [0.05, 0.1) is 11.8 Å². The number of aromatic nitrogens is 1. The van der Waals surface area contributed by atoms with Crippen LogP contribution >= 0.6 is 0 Å². The SMILES string of the molecule is Cc1cc(NC(=O)C2CC2C(=O)NCCc2ccccc2F)no1. The third-order valence-electron chi connectivity index (χ3n) is 3.99. The minimum atomic E-state index is -0.351. The molecule has 6 nitrogen and oxygen atoms in total. The lowest BCUT2D eigenvalue weighted by Gasteiger charge is -2.06. The minimum Gasteiger partial charge on any atom is -0.360 e. The van der Waals surface area contributed by atoms with Crippen molar-refractivity contribution < 1.29 is 18.5 Å². The molecule has 0 saturated heterocycles. The Labute approximate surface area is 138 Å². The summed E-state index contributed by atoms with van der Waals surface area (Å²) in [6.07, 6.45) is 0.925. The summed E-state index contributed by atoms with van der Waals surface area (Å²) in [5, 5.41) is 9.06. The molecule has 1 aliphatic rings. The van der Waals surface area contributed by atoms with E-state index in [-0.39, 0.29) is 29.5 Å². The van der Waals surface area contributed by atoms with Crippen LogP contribution in [0.3, 0.4) is 0 Å². The molecule has 1 aliphatic carbocycles. The Hall–Kier alpha value is -2.70. The molecule has 2 aromatic rings. The molecule has 1 saturated carbocycles. The van der Waals surface area contributed by atoms with Crippen LogP contribution < -0.4 is 10.6 Å². The molecule has 7 heteroatoms. The van der Waals surface area contributed by atoms with Crippen molar-refractivity contribution in [3.63, 3.8) is 0 Å². The molecular formula is C17H18FN3O3. The molecule has 2 N–H and O–H groups in total. The Balaban J connectivity index is 1.42. The van der Waals surface area contributed by atoms with Crippen LogP contribution in [0.4, 0.5) is 10.2 Å². The normalized spacial score (nSPS) is 18.9. The van der Waals surface area contributed by atoms with E-state index in [1.54, 1.807) is 31.2 Å². The topological polar surface area (TPSA) is 84.2 Å². The van der Waals surface area contributed by atoms with Gasteiger partial charge in [0.15, 0.2) is 5.82 Å². The van der Waals surface area contributed by atoms with E-state index in [0.717, 1.165) is 0 Å². The second-order valence-electron chi connectivity index (χ2n) is 5.89. The van der Waals surface area contributed by atoms with Crippen molar-refractivity contribution in [2.75, 3.05) is 11.9 Å². The van der Waals surface area contributed by atoms with Crippen molar-refractivity contribution in [3.05, 3.63) is 47.5 Å². The lowest BCUT2D eigenvalue weighted by molar-refractivity contribution is -0.125. The molecule has 0 spiro atoms. The molecule has 1 aromatic carbocycles. The molecule has 0 bridgehead atoms. The number of carbonyl (C=O) groups excluding carboxylic acids is 2. The highest BCUT2D eigenvalue weighted by atomic mass is 19.1. The van der Waals surface area contributed by atoms with E-state index < -0.39 is 0 Å². The fourth-order valence-electron chi connectivity index (χ4n) is 2.57. The Bertz CT molecular complexity index is 759. The van der Waals surface area contributed by atoms with Crippen LogP contribution in [0, 0.1) is 24.6 Å². The molecule has 0 radical (unpaired) electrons.